The molecular formula is C24H32ClN3O5S. The molecule has 34 heavy (non-hydrogen) atoms. The molecule has 1 N–H and O–H groups in total. The van der Waals surface area contributed by atoms with Crippen molar-refractivity contribution < 1.29 is 22.7 Å². The number of carbonyl (C=O) groups is 2. The minimum atomic E-state index is -3.85. The van der Waals surface area contributed by atoms with E-state index in [1.54, 1.807) is 62.4 Å². The standard InChI is InChI=1S/C24H32ClN3O5S/c1-6-33-22-14-10-9-13-21(22)28(34(5,31)32)16-23(29)27(18(4)24(30)26-17(2)3)15-19-11-7-8-12-20(19)25/h7-14,17-18H,6,15-16H2,1-5H3,(H,26,30)/t18-/m0/s1. The Morgan fingerprint density at radius 3 is 2.26 bits per heavy atom. The zero-order valence-corrected chi connectivity index (χ0v) is 21.7. The first kappa shape index (κ1) is 27.5. The summed E-state index contributed by atoms with van der Waals surface area (Å²) in [4.78, 5) is 27.7. The zero-order chi connectivity index (χ0) is 25.5. The molecule has 0 radical (unpaired) electrons. The molecule has 0 aromatic heterocycles. The second-order valence-corrected chi connectivity index (χ2v) is 10.4. The van der Waals surface area contributed by atoms with Gasteiger partial charge < -0.3 is 15.0 Å². The third kappa shape index (κ3) is 7.36. The number of hydrogen-bond acceptors (Lipinski definition) is 5. The lowest BCUT2D eigenvalue weighted by Gasteiger charge is -2.32. The third-order valence-electron chi connectivity index (χ3n) is 5.01. The van der Waals surface area contributed by atoms with E-state index in [1.165, 1.54) is 4.90 Å². The quantitative estimate of drug-likeness (QED) is 0.500. The van der Waals surface area contributed by atoms with E-state index in [2.05, 4.69) is 5.32 Å². The molecule has 0 aliphatic carbocycles. The molecule has 0 saturated heterocycles. The van der Waals surface area contributed by atoms with Crippen LogP contribution in [0.3, 0.4) is 0 Å². The fourth-order valence-corrected chi connectivity index (χ4v) is 4.38. The van der Waals surface area contributed by atoms with Crippen molar-refractivity contribution in [2.75, 3.05) is 23.7 Å². The van der Waals surface area contributed by atoms with E-state index < -0.39 is 28.5 Å². The summed E-state index contributed by atoms with van der Waals surface area (Å²) < 4.78 is 32.0. The lowest BCUT2D eigenvalue weighted by Crippen LogP contribution is -2.52. The number of para-hydroxylation sites is 2. The molecule has 0 bridgehead atoms. The predicted octanol–water partition coefficient (Wildman–Crippen LogP) is 3.45. The topological polar surface area (TPSA) is 96.0 Å². The van der Waals surface area contributed by atoms with Gasteiger partial charge in [0.2, 0.25) is 21.8 Å². The van der Waals surface area contributed by atoms with Gasteiger partial charge in [-0.15, -0.1) is 0 Å². The monoisotopic (exact) mass is 509 g/mol. The van der Waals surface area contributed by atoms with Crippen molar-refractivity contribution in [1.82, 2.24) is 10.2 Å². The Morgan fingerprint density at radius 2 is 1.68 bits per heavy atom. The van der Waals surface area contributed by atoms with Crippen molar-refractivity contribution in [3.63, 3.8) is 0 Å². The third-order valence-corrected chi connectivity index (χ3v) is 6.50. The van der Waals surface area contributed by atoms with Gasteiger partial charge >= 0.3 is 0 Å². The molecule has 0 saturated carbocycles. The Morgan fingerprint density at radius 1 is 1.06 bits per heavy atom. The van der Waals surface area contributed by atoms with Crippen LogP contribution in [0.4, 0.5) is 5.69 Å². The summed E-state index contributed by atoms with van der Waals surface area (Å²) in [5.41, 5.74) is 0.888. The average Bonchev–Trinajstić information content (AvgIpc) is 2.76. The molecular weight excluding hydrogens is 478 g/mol. The molecule has 8 nitrogen and oxygen atoms in total. The van der Waals surface area contributed by atoms with Crippen molar-refractivity contribution in [2.45, 2.75) is 46.3 Å². The molecule has 186 valence electrons. The Balaban J connectivity index is 2.45. The second kappa shape index (κ2) is 12.1. The summed E-state index contributed by atoms with van der Waals surface area (Å²) in [6.45, 7) is 6.89. The lowest BCUT2D eigenvalue weighted by molar-refractivity contribution is -0.139. The highest BCUT2D eigenvalue weighted by atomic mass is 35.5. The lowest BCUT2D eigenvalue weighted by atomic mass is 10.1. The summed E-state index contributed by atoms with van der Waals surface area (Å²) in [7, 11) is -3.85. The Labute approximate surface area is 206 Å². The van der Waals surface area contributed by atoms with E-state index >= 15 is 0 Å². The summed E-state index contributed by atoms with van der Waals surface area (Å²) in [5, 5.41) is 3.24. The molecule has 0 unspecified atom stereocenters. The number of halogens is 1. The number of ether oxygens (including phenoxy) is 1. The number of sulfonamides is 1. The maximum Gasteiger partial charge on any atom is 0.244 e. The molecule has 0 spiro atoms. The van der Waals surface area contributed by atoms with Crippen LogP contribution in [-0.2, 0) is 26.2 Å². The Bertz CT molecular complexity index is 1110. The van der Waals surface area contributed by atoms with Gasteiger partial charge in [0.1, 0.15) is 18.3 Å². The molecule has 10 heteroatoms. The highest BCUT2D eigenvalue weighted by Crippen LogP contribution is 2.30. The number of hydrogen-bond donors (Lipinski definition) is 1. The second-order valence-electron chi connectivity index (χ2n) is 8.12. The van der Waals surface area contributed by atoms with Crippen LogP contribution in [-0.4, -0.2) is 56.6 Å². The van der Waals surface area contributed by atoms with Crippen molar-refractivity contribution in [3.8, 4) is 5.75 Å². The highest BCUT2D eigenvalue weighted by Gasteiger charge is 2.31. The van der Waals surface area contributed by atoms with Crippen LogP contribution in [0, 0.1) is 0 Å². The van der Waals surface area contributed by atoms with Crippen LogP contribution in [0.15, 0.2) is 48.5 Å². The molecule has 2 aromatic rings. The Hall–Kier alpha value is -2.78. The van der Waals surface area contributed by atoms with Crippen molar-refractivity contribution in [2.24, 2.45) is 0 Å². The van der Waals surface area contributed by atoms with Crippen molar-refractivity contribution in [1.29, 1.82) is 0 Å². The van der Waals surface area contributed by atoms with Crippen LogP contribution >= 0.6 is 11.6 Å². The van der Waals surface area contributed by atoms with Crippen LogP contribution in [0.5, 0.6) is 5.75 Å². The molecule has 0 aliphatic heterocycles. The molecule has 0 fully saturated rings. The molecule has 2 amide bonds. The van der Waals surface area contributed by atoms with Gasteiger partial charge in [0, 0.05) is 17.6 Å². The molecule has 2 rings (SSSR count). The van der Waals surface area contributed by atoms with Gasteiger partial charge in [-0.25, -0.2) is 8.42 Å². The number of carbonyl (C=O) groups excluding carboxylic acids is 2. The largest absolute Gasteiger partial charge is 0.492 e. The molecule has 0 aliphatic rings. The van der Waals surface area contributed by atoms with Gasteiger partial charge in [0.15, 0.2) is 0 Å². The summed E-state index contributed by atoms with van der Waals surface area (Å²) in [5.74, 6) is -0.564. The smallest absolute Gasteiger partial charge is 0.244 e. The molecule has 1 atom stereocenters. The van der Waals surface area contributed by atoms with E-state index in [1.807, 2.05) is 13.8 Å². The first-order valence-electron chi connectivity index (χ1n) is 11.0. The summed E-state index contributed by atoms with van der Waals surface area (Å²) >= 11 is 6.31. The normalized spacial score (nSPS) is 12.2. The highest BCUT2D eigenvalue weighted by molar-refractivity contribution is 7.92. The van der Waals surface area contributed by atoms with Crippen molar-refractivity contribution in [3.05, 3.63) is 59.1 Å². The van der Waals surface area contributed by atoms with Gasteiger partial charge in [-0.3, -0.25) is 13.9 Å². The van der Waals surface area contributed by atoms with E-state index in [0.29, 0.717) is 22.9 Å². The van der Waals surface area contributed by atoms with Gasteiger partial charge in [-0.1, -0.05) is 41.9 Å². The summed E-state index contributed by atoms with van der Waals surface area (Å²) in [6, 6.07) is 12.6. The first-order valence-corrected chi connectivity index (χ1v) is 13.2. The van der Waals surface area contributed by atoms with Crippen molar-refractivity contribution >= 4 is 39.1 Å². The molecule has 2 aromatic carbocycles. The number of benzene rings is 2. The first-order chi connectivity index (χ1) is 16.0. The van der Waals surface area contributed by atoms with E-state index in [9.17, 15) is 18.0 Å². The average molecular weight is 510 g/mol. The maximum absolute atomic E-state index is 13.5. The maximum atomic E-state index is 13.5. The molecule has 0 heterocycles. The Kier molecular flexibility index (Phi) is 9.76. The minimum absolute atomic E-state index is 0.0376. The van der Waals surface area contributed by atoms with E-state index in [0.717, 1.165) is 10.6 Å². The van der Waals surface area contributed by atoms with Crippen LogP contribution < -0.4 is 14.4 Å². The predicted molar refractivity (Wildman–Crippen MR) is 135 cm³/mol. The van der Waals surface area contributed by atoms with Crippen LogP contribution in [0.2, 0.25) is 5.02 Å². The number of rotatable bonds is 11. The number of amides is 2. The van der Waals surface area contributed by atoms with E-state index in [-0.39, 0.29) is 24.2 Å². The van der Waals surface area contributed by atoms with Gasteiger partial charge in [-0.05, 0) is 51.5 Å². The fraction of sp³-hybridized carbons (Fsp3) is 0.417. The fourth-order valence-electron chi connectivity index (χ4n) is 3.33. The minimum Gasteiger partial charge on any atom is -0.492 e. The van der Waals surface area contributed by atoms with Gasteiger partial charge in [0.25, 0.3) is 0 Å². The number of nitrogens with zero attached hydrogens (tertiary/aromatic N) is 2. The van der Waals surface area contributed by atoms with Crippen LogP contribution in [0.25, 0.3) is 0 Å². The number of nitrogens with one attached hydrogen (secondary N) is 1. The zero-order valence-electron chi connectivity index (χ0n) is 20.1. The van der Waals surface area contributed by atoms with Crippen LogP contribution in [0.1, 0.15) is 33.3 Å². The van der Waals surface area contributed by atoms with Gasteiger partial charge in [0.05, 0.1) is 18.6 Å². The van der Waals surface area contributed by atoms with E-state index in [4.69, 9.17) is 16.3 Å². The SMILES string of the molecule is CCOc1ccccc1N(CC(=O)N(Cc1ccccc1Cl)[C@@H](C)C(=O)NC(C)C)S(C)(=O)=O. The summed E-state index contributed by atoms with van der Waals surface area (Å²) in [6.07, 6.45) is 1.02. The number of anilines is 1. The van der Waals surface area contributed by atoms with Gasteiger partial charge in [-0.2, -0.15) is 0 Å².